The molecule has 2 unspecified atom stereocenters. The Morgan fingerprint density at radius 3 is 2.52 bits per heavy atom. The van der Waals surface area contributed by atoms with Gasteiger partial charge in [0.15, 0.2) is 0 Å². The van der Waals surface area contributed by atoms with Gasteiger partial charge in [-0.15, -0.1) is 0 Å². The lowest BCUT2D eigenvalue weighted by Crippen LogP contribution is -2.19. The second kappa shape index (κ2) is 4.97. The van der Waals surface area contributed by atoms with Crippen LogP contribution in [0.5, 0.6) is 5.75 Å². The third kappa shape index (κ3) is 1.82. The van der Waals surface area contributed by atoms with E-state index in [0.29, 0.717) is 0 Å². The average Bonchev–Trinajstić information content (AvgIpc) is 3.00. The molecule has 2 aliphatic carbocycles. The Bertz CT molecular complexity index is 1320. The molecule has 0 radical (unpaired) electrons. The molecule has 3 heteroatoms. The molecule has 27 heavy (non-hydrogen) atoms. The Morgan fingerprint density at radius 1 is 0.778 bits per heavy atom. The molecule has 2 atom stereocenters. The fraction of sp³-hybridized carbons (Fsp3) is 0.0833. The molecule has 3 N–H and O–H groups in total. The third-order valence-electron chi connectivity index (χ3n) is 5.88. The largest absolute Gasteiger partial charge is 0.508 e. The van der Waals surface area contributed by atoms with Crippen LogP contribution in [0.3, 0.4) is 0 Å². The lowest BCUT2D eigenvalue weighted by atomic mass is 9.85. The number of aliphatic hydroxyl groups is 2. The molecule has 4 aromatic carbocycles. The first-order valence-electron chi connectivity index (χ1n) is 9.04. The van der Waals surface area contributed by atoms with Crippen LogP contribution in [-0.4, -0.2) is 21.4 Å². The molecule has 0 spiro atoms. The monoisotopic (exact) mass is 352 g/mol. The SMILES string of the molecule is Oc1ccc2c(c1)-c1cc3c(c4cc5ccccc5c-2c14)C=CC(O)C3O. The summed E-state index contributed by atoms with van der Waals surface area (Å²) in [5.41, 5.74) is 5.90. The summed E-state index contributed by atoms with van der Waals surface area (Å²) in [6.07, 6.45) is 1.69. The van der Waals surface area contributed by atoms with E-state index >= 15 is 0 Å². The Morgan fingerprint density at radius 2 is 1.63 bits per heavy atom. The highest BCUT2D eigenvalue weighted by atomic mass is 16.3. The maximum atomic E-state index is 10.6. The van der Waals surface area contributed by atoms with E-state index < -0.39 is 12.2 Å². The zero-order chi connectivity index (χ0) is 18.3. The first kappa shape index (κ1) is 15.0. The summed E-state index contributed by atoms with van der Waals surface area (Å²) in [4.78, 5) is 0. The molecule has 0 bridgehead atoms. The second-order valence-corrected chi connectivity index (χ2v) is 7.35. The van der Waals surface area contributed by atoms with Gasteiger partial charge in [0.05, 0.1) is 0 Å². The molecular formula is C24H16O3. The van der Waals surface area contributed by atoms with Gasteiger partial charge in [-0.05, 0) is 79.2 Å². The van der Waals surface area contributed by atoms with Crippen LogP contribution in [0, 0.1) is 0 Å². The van der Waals surface area contributed by atoms with Crippen molar-refractivity contribution in [3.05, 3.63) is 71.8 Å². The summed E-state index contributed by atoms with van der Waals surface area (Å²) in [5, 5.41) is 35.3. The van der Waals surface area contributed by atoms with Crippen molar-refractivity contribution < 1.29 is 15.3 Å². The summed E-state index contributed by atoms with van der Waals surface area (Å²) in [6.45, 7) is 0. The molecule has 0 aliphatic heterocycles. The number of rotatable bonds is 0. The predicted octanol–water partition coefficient (Wildman–Crippen LogP) is 4.77. The van der Waals surface area contributed by atoms with Gasteiger partial charge in [-0.25, -0.2) is 0 Å². The van der Waals surface area contributed by atoms with Gasteiger partial charge in [0.25, 0.3) is 0 Å². The second-order valence-electron chi connectivity index (χ2n) is 7.35. The van der Waals surface area contributed by atoms with Crippen LogP contribution in [0.4, 0.5) is 0 Å². The van der Waals surface area contributed by atoms with E-state index in [9.17, 15) is 15.3 Å². The fourth-order valence-corrected chi connectivity index (χ4v) is 4.68. The highest BCUT2D eigenvalue weighted by Gasteiger charge is 2.30. The summed E-state index contributed by atoms with van der Waals surface area (Å²) < 4.78 is 0. The number of benzene rings is 4. The Hall–Kier alpha value is -3.14. The topological polar surface area (TPSA) is 60.7 Å². The van der Waals surface area contributed by atoms with E-state index in [-0.39, 0.29) is 5.75 Å². The van der Waals surface area contributed by atoms with Crippen molar-refractivity contribution in [3.8, 4) is 28.0 Å². The van der Waals surface area contributed by atoms with Crippen molar-refractivity contribution in [3.63, 3.8) is 0 Å². The van der Waals surface area contributed by atoms with Crippen molar-refractivity contribution >= 4 is 27.6 Å². The summed E-state index contributed by atoms with van der Waals surface area (Å²) >= 11 is 0. The number of phenols is 1. The van der Waals surface area contributed by atoms with E-state index in [0.717, 1.165) is 44.0 Å². The van der Waals surface area contributed by atoms with Crippen LogP contribution in [0.1, 0.15) is 17.2 Å². The smallest absolute Gasteiger partial charge is 0.116 e. The molecule has 4 aromatic rings. The third-order valence-corrected chi connectivity index (χ3v) is 5.88. The molecule has 0 heterocycles. The molecular weight excluding hydrogens is 336 g/mol. The summed E-state index contributed by atoms with van der Waals surface area (Å²) in [5.74, 6) is 0.220. The molecule has 0 saturated carbocycles. The first-order chi connectivity index (χ1) is 13.1. The van der Waals surface area contributed by atoms with Crippen molar-refractivity contribution in [2.24, 2.45) is 0 Å². The normalized spacial score (nSPS) is 19.5. The Labute approximate surface area is 155 Å². The molecule has 0 saturated heterocycles. The maximum absolute atomic E-state index is 10.6. The Kier molecular flexibility index (Phi) is 2.76. The van der Waals surface area contributed by atoms with E-state index in [2.05, 4.69) is 18.2 Å². The quantitative estimate of drug-likeness (QED) is 0.352. The molecule has 0 aromatic heterocycles. The lowest BCUT2D eigenvalue weighted by molar-refractivity contribution is 0.0471. The fourth-order valence-electron chi connectivity index (χ4n) is 4.68. The molecule has 0 amide bonds. The number of hydrogen-bond donors (Lipinski definition) is 3. The zero-order valence-corrected chi connectivity index (χ0v) is 14.3. The van der Waals surface area contributed by atoms with Crippen molar-refractivity contribution in [2.75, 3.05) is 0 Å². The molecule has 2 aliphatic rings. The minimum atomic E-state index is -0.957. The Balaban J connectivity index is 1.88. The molecule has 3 nitrogen and oxygen atoms in total. The van der Waals surface area contributed by atoms with E-state index in [1.165, 1.54) is 10.9 Å². The van der Waals surface area contributed by atoms with Crippen LogP contribution < -0.4 is 0 Å². The van der Waals surface area contributed by atoms with Gasteiger partial charge in [-0.3, -0.25) is 0 Å². The molecule has 6 rings (SSSR count). The predicted molar refractivity (Wildman–Crippen MR) is 108 cm³/mol. The number of fused-ring (bicyclic) bond motifs is 7. The van der Waals surface area contributed by atoms with Crippen LogP contribution in [0.2, 0.25) is 0 Å². The maximum Gasteiger partial charge on any atom is 0.116 e. The van der Waals surface area contributed by atoms with Gasteiger partial charge in [0.2, 0.25) is 0 Å². The van der Waals surface area contributed by atoms with Crippen LogP contribution in [0.15, 0.2) is 60.7 Å². The van der Waals surface area contributed by atoms with E-state index in [1.807, 2.05) is 30.3 Å². The van der Waals surface area contributed by atoms with Gasteiger partial charge in [-0.2, -0.15) is 0 Å². The van der Waals surface area contributed by atoms with Crippen molar-refractivity contribution in [2.45, 2.75) is 12.2 Å². The summed E-state index contributed by atoms with van der Waals surface area (Å²) in [6, 6.07) is 17.9. The lowest BCUT2D eigenvalue weighted by Gasteiger charge is -2.24. The summed E-state index contributed by atoms with van der Waals surface area (Å²) in [7, 11) is 0. The van der Waals surface area contributed by atoms with Crippen LogP contribution >= 0.6 is 0 Å². The van der Waals surface area contributed by atoms with Gasteiger partial charge in [0, 0.05) is 0 Å². The number of aliphatic hydroxyl groups excluding tert-OH is 2. The minimum Gasteiger partial charge on any atom is -0.508 e. The van der Waals surface area contributed by atoms with E-state index in [4.69, 9.17) is 0 Å². The molecule has 0 fully saturated rings. The number of hydrogen-bond acceptors (Lipinski definition) is 3. The van der Waals surface area contributed by atoms with Crippen LogP contribution in [0.25, 0.3) is 49.9 Å². The van der Waals surface area contributed by atoms with Crippen molar-refractivity contribution in [1.82, 2.24) is 0 Å². The highest BCUT2D eigenvalue weighted by molar-refractivity contribution is 6.25. The number of aromatic hydroxyl groups is 1. The highest BCUT2D eigenvalue weighted by Crippen LogP contribution is 2.53. The van der Waals surface area contributed by atoms with Gasteiger partial charge >= 0.3 is 0 Å². The van der Waals surface area contributed by atoms with Gasteiger partial charge in [-0.1, -0.05) is 42.5 Å². The molecule has 130 valence electrons. The van der Waals surface area contributed by atoms with Gasteiger partial charge in [0.1, 0.15) is 18.0 Å². The number of phenolic OH excluding ortho intramolecular Hbond substituents is 1. The van der Waals surface area contributed by atoms with E-state index in [1.54, 1.807) is 18.2 Å². The van der Waals surface area contributed by atoms with Gasteiger partial charge < -0.3 is 15.3 Å². The standard InChI is InChI=1S/C24H16O3/c25-13-5-6-16-17(10-13)19-11-20-15(7-8-21(26)24(20)27)18-9-12-3-1-2-4-14(12)22(16)23(18)19/h1-11,21,24-27H. The first-order valence-corrected chi connectivity index (χ1v) is 9.04. The van der Waals surface area contributed by atoms with Crippen molar-refractivity contribution in [1.29, 1.82) is 0 Å². The average molecular weight is 352 g/mol. The minimum absolute atomic E-state index is 0.220. The zero-order valence-electron chi connectivity index (χ0n) is 14.3. The van der Waals surface area contributed by atoms with Crippen LogP contribution in [-0.2, 0) is 0 Å².